The van der Waals surface area contributed by atoms with Crippen LogP contribution in [0.4, 0.5) is 0 Å². The van der Waals surface area contributed by atoms with Crippen molar-refractivity contribution >= 4 is 21.6 Å². The van der Waals surface area contributed by atoms with Crippen LogP contribution in [0, 0.1) is 6.92 Å². The summed E-state index contributed by atoms with van der Waals surface area (Å²) in [6, 6.07) is 9.38. The minimum Gasteiger partial charge on any atom is -0.266 e. The molecule has 84 valence electrons. The Morgan fingerprint density at radius 1 is 1.24 bits per heavy atom. The SMILES string of the molecule is Cc1nc2cnn(-c3ccccc3)c(=O)c2s1. The number of fused-ring (bicyclic) bond motifs is 1. The topological polar surface area (TPSA) is 47.8 Å². The summed E-state index contributed by atoms with van der Waals surface area (Å²) in [5.41, 5.74) is 1.33. The number of hydrogen-bond donors (Lipinski definition) is 0. The molecular weight excluding hydrogens is 234 g/mol. The van der Waals surface area contributed by atoms with Crippen molar-refractivity contribution in [2.45, 2.75) is 6.92 Å². The van der Waals surface area contributed by atoms with E-state index in [0.29, 0.717) is 10.2 Å². The highest BCUT2D eigenvalue weighted by Crippen LogP contribution is 2.17. The molecule has 0 aliphatic carbocycles. The van der Waals surface area contributed by atoms with E-state index in [1.54, 1.807) is 6.20 Å². The summed E-state index contributed by atoms with van der Waals surface area (Å²) in [5.74, 6) is 0. The van der Waals surface area contributed by atoms with Crippen molar-refractivity contribution in [1.82, 2.24) is 14.8 Å². The normalized spacial score (nSPS) is 10.9. The van der Waals surface area contributed by atoms with Gasteiger partial charge in [0.05, 0.1) is 16.9 Å². The van der Waals surface area contributed by atoms with Crippen LogP contribution >= 0.6 is 11.3 Å². The molecule has 3 aromatic rings. The number of rotatable bonds is 1. The zero-order valence-corrected chi connectivity index (χ0v) is 9.94. The monoisotopic (exact) mass is 243 g/mol. The fourth-order valence-electron chi connectivity index (χ4n) is 1.70. The van der Waals surface area contributed by atoms with E-state index < -0.39 is 0 Å². The van der Waals surface area contributed by atoms with Crippen LogP contribution in [0.2, 0.25) is 0 Å². The molecule has 1 aromatic carbocycles. The van der Waals surface area contributed by atoms with E-state index in [2.05, 4.69) is 10.1 Å². The van der Waals surface area contributed by atoms with Crippen molar-refractivity contribution in [2.24, 2.45) is 0 Å². The average Bonchev–Trinajstić information content (AvgIpc) is 2.72. The summed E-state index contributed by atoms with van der Waals surface area (Å²) in [4.78, 5) is 16.5. The van der Waals surface area contributed by atoms with Gasteiger partial charge in [0.2, 0.25) is 0 Å². The minimum absolute atomic E-state index is 0.112. The van der Waals surface area contributed by atoms with E-state index in [4.69, 9.17) is 0 Å². The van der Waals surface area contributed by atoms with Crippen LogP contribution in [0.5, 0.6) is 0 Å². The van der Waals surface area contributed by atoms with Gasteiger partial charge >= 0.3 is 0 Å². The molecule has 0 fully saturated rings. The molecule has 4 nitrogen and oxygen atoms in total. The fourth-order valence-corrected chi connectivity index (χ4v) is 2.51. The van der Waals surface area contributed by atoms with Crippen molar-refractivity contribution in [1.29, 1.82) is 0 Å². The summed E-state index contributed by atoms with van der Waals surface area (Å²) in [7, 11) is 0. The highest BCUT2D eigenvalue weighted by Gasteiger charge is 2.09. The lowest BCUT2D eigenvalue weighted by molar-refractivity contribution is 0.821. The highest BCUT2D eigenvalue weighted by molar-refractivity contribution is 7.18. The van der Waals surface area contributed by atoms with Gasteiger partial charge in [-0.3, -0.25) is 4.79 Å². The maximum absolute atomic E-state index is 12.2. The van der Waals surface area contributed by atoms with Crippen LogP contribution in [0.15, 0.2) is 41.3 Å². The molecule has 17 heavy (non-hydrogen) atoms. The first-order valence-electron chi connectivity index (χ1n) is 5.16. The number of nitrogens with zero attached hydrogens (tertiary/aromatic N) is 3. The number of thiazole rings is 1. The maximum Gasteiger partial charge on any atom is 0.291 e. The van der Waals surface area contributed by atoms with Crippen LogP contribution in [0.1, 0.15) is 5.01 Å². The quantitative estimate of drug-likeness (QED) is 0.658. The van der Waals surface area contributed by atoms with Crippen molar-refractivity contribution in [3.8, 4) is 5.69 Å². The molecule has 0 spiro atoms. The molecule has 0 amide bonds. The predicted molar refractivity (Wildman–Crippen MR) is 67.7 cm³/mol. The summed E-state index contributed by atoms with van der Waals surface area (Å²) in [5, 5.41) is 5.02. The van der Waals surface area contributed by atoms with Gasteiger partial charge in [0.1, 0.15) is 10.2 Å². The Labute approximate surface area is 101 Å². The van der Waals surface area contributed by atoms with Crippen LogP contribution < -0.4 is 5.56 Å². The number of benzene rings is 1. The smallest absolute Gasteiger partial charge is 0.266 e. The lowest BCUT2D eigenvalue weighted by Gasteiger charge is -2.02. The second-order valence-corrected chi connectivity index (χ2v) is 4.85. The lowest BCUT2D eigenvalue weighted by Crippen LogP contribution is -2.19. The van der Waals surface area contributed by atoms with Gasteiger partial charge in [-0.2, -0.15) is 9.78 Å². The van der Waals surface area contributed by atoms with Crippen LogP contribution in [-0.2, 0) is 0 Å². The molecule has 0 atom stereocenters. The molecule has 0 radical (unpaired) electrons. The van der Waals surface area contributed by atoms with E-state index in [0.717, 1.165) is 10.7 Å². The number of hydrogen-bond acceptors (Lipinski definition) is 4. The van der Waals surface area contributed by atoms with Gasteiger partial charge in [-0.15, -0.1) is 11.3 Å². The molecule has 2 aromatic heterocycles. The average molecular weight is 243 g/mol. The van der Waals surface area contributed by atoms with Gasteiger partial charge in [-0.25, -0.2) is 4.98 Å². The Morgan fingerprint density at radius 2 is 2.00 bits per heavy atom. The summed E-state index contributed by atoms with van der Waals surface area (Å²) in [6.45, 7) is 1.89. The van der Waals surface area contributed by atoms with Crippen molar-refractivity contribution in [3.63, 3.8) is 0 Å². The molecule has 0 saturated heterocycles. The zero-order valence-electron chi connectivity index (χ0n) is 9.12. The molecular formula is C12H9N3OS. The number of aryl methyl sites for hydroxylation is 1. The molecule has 5 heteroatoms. The van der Waals surface area contributed by atoms with Gasteiger partial charge < -0.3 is 0 Å². The van der Waals surface area contributed by atoms with Crippen LogP contribution in [0.3, 0.4) is 0 Å². The third-order valence-electron chi connectivity index (χ3n) is 2.44. The van der Waals surface area contributed by atoms with Gasteiger partial charge in [0.15, 0.2) is 0 Å². The predicted octanol–water partition coefficient (Wildman–Crippen LogP) is 2.15. The van der Waals surface area contributed by atoms with E-state index in [9.17, 15) is 4.79 Å². The van der Waals surface area contributed by atoms with Crippen molar-refractivity contribution in [3.05, 3.63) is 51.9 Å². The molecule has 0 saturated carbocycles. The van der Waals surface area contributed by atoms with Gasteiger partial charge in [0, 0.05) is 0 Å². The molecule has 0 bridgehead atoms. The van der Waals surface area contributed by atoms with E-state index in [1.807, 2.05) is 37.3 Å². The second kappa shape index (κ2) is 3.78. The Kier molecular flexibility index (Phi) is 2.26. The zero-order chi connectivity index (χ0) is 11.8. The third-order valence-corrected chi connectivity index (χ3v) is 3.42. The Balaban J connectivity index is 2.32. The van der Waals surface area contributed by atoms with E-state index in [1.165, 1.54) is 16.0 Å². The lowest BCUT2D eigenvalue weighted by atomic mass is 10.3. The Bertz CT molecular complexity index is 730. The molecule has 0 aliphatic heterocycles. The minimum atomic E-state index is -0.112. The van der Waals surface area contributed by atoms with Crippen LogP contribution in [0.25, 0.3) is 15.9 Å². The van der Waals surface area contributed by atoms with Gasteiger partial charge in [-0.05, 0) is 19.1 Å². The van der Waals surface area contributed by atoms with Gasteiger partial charge in [0.25, 0.3) is 5.56 Å². The third kappa shape index (κ3) is 1.64. The van der Waals surface area contributed by atoms with E-state index in [-0.39, 0.29) is 5.56 Å². The molecule has 3 rings (SSSR count). The van der Waals surface area contributed by atoms with Crippen LogP contribution in [-0.4, -0.2) is 14.8 Å². The molecule has 0 N–H and O–H groups in total. The standard InChI is InChI=1S/C12H9N3OS/c1-8-14-10-7-13-15(12(16)11(10)17-8)9-5-3-2-4-6-9/h2-7H,1H3. The van der Waals surface area contributed by atoms with E-state index >= 15 is 0 Å². The first kappa shape index (κ1) is 10.2. The first-order valence-corrected chi connectivity index (χ1v) is 5.98. The second-order valence-electron chi connectivity index (χ2n) is 3.64. The summed E-state index contributed by atoms with van der Waals surface area (Å²) >= 11 is 1.40. The molecule has 0 unspecified atom stereocenters. The Morgan fingerprint density at radius 3 is 2.76 bits per heavy atom. The highest BCUT2D eigenvalue weighted by atomic mass is 32.1. The van der Waals surface area contributed by atoms with Gasteiger partial charge in [-0.1, -0.05) is 18.2 Å². The number of aromatic nitrogens is 3. The summed E-state index contributed by atoms with van der Waals surface area (Å²) < 4.78 is 2.06. The summed E-state index contributed by atoms with van der Waals surface area (Å²) in [6.07, 6.45) is 1.63. The van der Waals surface area contributed by atoms with Crippen molar-refractivity contribution < 1.29 is 0 Å². The number of para-hydroxylation sites is 1. The Hall–Kier alpha value is -2.01. The molecule has 2 heterocycles. The fraction of sp³-hybridized carbons (Fsp3) is 0.0833. The van der Waals surface area contributed by atoms with Crippen molar-refractivity contribution in [2.75, 3.05) is 0 Å². The largest absolute Gasteiger partial charge is 0.291 e. The maximum atomic E-state index is 12.2. The molecule has 0 aliphatic rings. The first-order chi connectivity index (χ1) is 8.25.